The number of carbonyl (C=O) groups is 1. The number of fused-ring (bicyclic) bond motifs is 5. The minimum Gasteiger partial charge on any atom is -0.446 e. The highest BCUT2D eigenvalue weighted by Gasteiger charge is 2.59. The second kappa shape index (κ2) is 13.7. The fourth-order valence-electron chi connectivity index (χ4n) is 10.5. The van der Waals surface area contributed by atoms with E-state index in [1.54, 1.807) is 5.57 Å². The minimum absolute atomic E-state index is 0.0325. The number of carbonyl (C=O) groups excluding carboxylic acids is 1. The van der Waals surface area contributed by atoms with E-state index in [2.05, 4.69) is 78.6 Å². The zero-order valence-corrected chi connectivity index (χ0v) is 28.4. The van der Waals surface area contributed by atoms with Crippen LogP contribution in [0, 0.1) is 46.3 Å². The zero-order chi connectivity index (χ0) is 29.9. The number of nitrogens with zero attached hydrogens (tertiary/aromatic N) is 1. The smallest absolute Gasteiger partial charge is 0.407 e. The lowest BCUT2D eigenvalue weighted by molar-refractivity contribution is -0.0581. The van der Waals surface area contributed by atoms with Gasteiger partial charge in [-0.3, -0.25) is 4.90 Å². The van der Waals surface area contributed by atoms with Crippen LogP contribution in [0.1, 0.15) is 139 Å². The maximum Gasteiger partial charge on any atom is 0.407 e. The van der Waals surface area contributed by atoms with Crippen LogP contribution in [0.4, 0.5) is 4.79 Å². The Morgan fingerprint density at radius 2 is 1.68 bits per heavy atom. The number of ether oxygens (including phenoxy) is 1. The van der Waals surface area contributed by atoms with Crippen LogP contribution in [0.25, 0.3) is 0 Å². The maximum absolute atomic E-state index is 12.7. The van der Waals surface area contributed by atoms with Gasteiger partial charge in [-0.1, -0.05) is 65.5 Å². The Kier molecular flexibility index (Phi) is 11.0. The second-order valence-corrected chi connectivity index (χ2v) is 16.3. The quantitative estimate of drug-likeness (QED) is 0.188. The number of rotatable bonds is 12. The Hall–Kier alpha value is -1.03. The average molecular weight is 571 g/mol. The summed E-state index contributed by atoms with van der Waals surface area (Å²) in [4.78, 5) is 15.1. The highest BCUT2D eigenvalue weighted by Crippen LogP contribution is 2.67. The third kappa shape index (κ3) is 7.21. The summed E-state index contributed by atoms with van der Waals surface area (Å²) in [5.74, 6) is 5.19. The molecule has 4 rings (SSSR count). The summed E-state index contributed by atoms with van der Waals surface area (Å²) in [6.07, 6.45) is 17.7. The lowest BCUT2D eigenvalue weighted by atomic mass is 9.47. The summed E-state index contributed by atoms with van der Waals surface area (Å²) in [5, 5.41) is 3.04. The van der Waals surface area contributed by atoms with Gasteiger partial charge in [0.15, 0.2) is 0 Å². The summed E-state index contributed by atoms with van der Waals surface area (Å²) in [6.45, 7) is 23.2. The Morgan fingerprint density at radius 1 is 0.951 bits per heavy atom. The van der Waals surface area contributed by atoms with Crippen molar-refractivity contribution in [3.63, 3.8) is 0 Å². The van der Waals surface area contributed by atoms with E-state index in [1.165, 1.54) is 57.8 Å². The van der Waals surface area contributed by atoms with Gasteiger partial charge in [-0.25, -0.2) is 4.79 Å². The van der Waals surface area contributed by atoms with Crippen LogP contribution in [-0.4, -0.2) is 42.3 Å². The Balaban J connectivity index is 1.29. The monoisotopic (exact) mass is 571 g/mol. The molecule has 1 N–H and O–H groups in total. The van der Waals surface area contributed by atoms with Gasteiger partial charge in [0.05, 0.1) is 0 Å². The molecule has 3 fully saturated rings. The first-order valence-corrected chi connectivity index (χ1v) is 17.8. The zero-order valence-electron chi connectivity index (χ0n) is 28.4. The van der Waals surface area contributed by atoms with Gasteiger partial charge in [0.2, 0.25) is 0 Å². The molecule has 0 aromatic heterocycles. The second-order valence-electron chi connectivity index (χ2n) is 16.3. The van der Waals surface area contributed by atoms with Gasteiger partial charge in [-0.2, -0.15) is 0 Å². The van der Waals surface area contributed by atoms with E-state index in [1.807, 2.05) is 0 Å². The fraction of sp³-hybridized carbons (Fsp3) is 0.919. The van der Waals surface area contributed by atoms with Gasteiger partial charge in [0.25, 0.3) is 0 Å². The molecule has 4 aliphatic carbocycles. The molecule has 0 bridgehead atoms. The third-order valence-electron chi connectivity index (χ3n) is 12.7. The van der Waals surface area contributed by atoms with Crippen molar-refractivity contribution in [1.82, 2.24) is 10.2 Å². The number of allylic oxidation sites excluding steroid dienone is 1. The molecule has 4 aliphatic rings. The Morgan fingerprint density at radius 3 is 2.37 bits per heavy atom. The van der Waals surface area contributed by atoms with E-state index in [4.69, 9.17) is 4.74 Å². The van der Waals surface area contributed by atoms with Crippen molar-refractivity contribution in [1.29, 1.82) is 0 Å². The van der Waals surface area contributed by atoms with Gasteiger partial charge in [0, 0.05) is 31.6 Å². The number of hydrogen-bond donors (Lipinski definition) is 1. The molecule has 0 spiro atoms. The lowest BCUT2D eigenvalue weighted by Gasteiger charge is -2.58. The molecule has 0 heterocycles. The lowest BCUT2D eigenvalue weighted by Crippen LogP contribution is -2.51. The average Bonchev–Trinajstić information content (AvgIpc) is 3.25. The number of amides is 1. The van der Waals surface area contributed by atoms with Crippen molar-refractivity contribution >= 4 is 6.09 Å². The summed E-state index contributed by atoms with van der Waals surface area (Å²) >= 11 is 0. The molecule has 3 saturated carbocycles. The molecule has 0 aromatic carbocycles. The molecular weight excluding hydrogens is 504 g/mol. The normalized spacial score (nSPS) is 35.7. The number of hydrogen-bond acceptors (Lipinski definition) is 3. The number of alkyl carbamates (subject to hydrolysis) is 1. The van der Waals surface area contributed by atoms with Crippen LogP contribution in [0.5, 0.6) is 0 Å². The van der Waals surface area contributed by atoms with Crippen LogP contribution in [0.3, 0.4) is 0 Å². The van der Waals surface area contributed by atoms with Gasteiger partial charge in [-0.05, 0) is 125 Å². The Labute approximate surface area is 254 Å². The van der Waals surface area contributed by atoms with Gasteiger partial charge in [0.1, 0.15) is 6.10 Å². The molecular formula is C37H66N2O2. The third-order valence-corrected chi connectivity index (χ3v) is 12.7. The van der Waals surface area contributed by atoms with Gasteiger partial charge >= 0.3 is 6.09 Å². The van der Waals surface area contributed by atoms with Crippen molar-refractivity contribution in [2.45, 2.75) is 158 Å². The fourth-order valence-corrected chi connectivity index (χ4v) is 10.5. The van der Waals surface area contributed by atoms with E-state index in [9.17, 15) is 4.79 Å². The van der Waals surface area contributed by atoms with Crippen LogP contribution in [0.15, 0.2) is 11.6 Å². The molecule has 236 valence electrons. The highest BCUT2D eigenvalue weighted by atomic mass is 16.6. The molecule has 0 radical (unpaired) electrons. The molecule has 0 saturated heterocycles. The van der Waals surface area contributed by atoms with E-state index < -0.39 is 0 Å². The SMILES string of the molecule is CC(C)CCC[C@@H](C)[C@H]1CC[C@H]2[C@@H]3CC=C4C[C@@H](OC(=O)NCCCN(C(C)C)C(C)C)CC[C@]4(C)[C@H]3CC[C@]12C. The molecule has 0 unspecified atom stereocenters. The predicted molar refractivity (Wildman–Crippen MR) is 173 cm³/mol. The molecule has 0 aliphatic heterocycles. The summed E-state index contributed by atoms with van der Waals surface area (Å²) < 4.78 is 5.99. The van der Waals surface area contributed by atoms with Crippen LogP contribution >= 0.6 is 0 Å². The molecule has 4 heteroatoms. The van der Waals surface area contributed by atoms with E-state index in [0.29, 0.717) is 29.5 Å². The van der Waals surface area contributed by atoms with Crippen molar-refractivity contribution in [3.05, 3.63) is 11.6 Å². The van der Waals surface area contributed by atoms with Crippen molar-refractivity contribution in [2.24, 2.45) is 46.3 Å². The minimum atomic E-state index is -0.221. The van der Waals surface area contributed by atoms with Crippen LogP contribution in [-0.2, 0) is 4.74 Å². The largest absolute Gasteiger partial charge is 0.446 e. The maximum atomic E-state index is 12.7. The van der Waals surface area contributed by atoms with Crippen LogP contribution < -0.4 is 5.32 Å². The van der Waals surface area contributed by atoms with Crippen molar-refractivity contribution < 1.29 is 9.53 Å². The van der Waals surface area contributed by atoms with Gasteiger partial charge < -0.3 is 10.1 Å². The summed E-state index contributed by atoms with van der Waals surface area (Å²) in [5.41, 5.74) is 2.45. The molecule has 4 nitrogen and oxygen atoms in total. The summed E-state index contributed by atoms with van der Waals surface area (Å²) in [7, 11) is 0. The first-order chi connectivity index (χ1) is 19.4. The van der Waals surface area contributed by atoms with E-state index in [-0.39, 0.29) is 12.2 Å². The molecule has 1 amide bonds. The van der Waals surface area contributed by atoms with Crippen molar-refractivity contribution in [2.75, 3.05) is 13.1 Å². The standard InChI is InChI=1S/C37H66N2O2/c1-25(2)12-10-13-28(7)32-16-17-33-31-15-14-29-24-30(18-20-36(29,8)34(31)19-21-37(32,33)9)41-35(40)38-22-11-23-39(26(3)4)27(5)6/h14,25-28,30-34H,10-13,15-24H2,1-9H3,(H,38,40)/t28-,30+,31+,32-,33+,34+,36+,37-/m1/s1. The van der Waals surface area contributed by atoms with E-state index >= 15 is 0 Å². The topological polar surface area (TPSA) is 41.6 Å². The first kappa shape index (κ1) is 32.9. The molecule has 41 heavy (non-hydrogen) atoms. The van der Waals surface area contributed by atoms with Crippen molar-refractivity contribution in [3.8, 4) is 0 Å². The highest BCUT2D eigenvalue weighted by molar-refractivity contribution is 5.67. The molecule has 0 aromatic rings. The van der Waals surface area contributed by atoms with E-state index in [0.717, 1.165) is 61.3 Å². The predicted octanol–water partition coefficient (Wildman–Crippen LogP) is 9.63. The first-order valence-electron chi connectivity index (χ1n) is 17.8. The summed E-state index contributed by atoms with van der Waals surface area (Å²) in [6, 6.07) is 1.05. The Bertz CT molecular complexity index is 887. The number of nitrogens with one attached hydrogen (secondary N) is 1. The van der Waals surface area contributed by atoms with Crippen LogP contribution in [0.2, 0.25) is 0 Å². The van der Waals surface area contributed by atoms with Gasteiger partial charge in [-0.15, -0.1) is 0 Å². The molecule has 8 atom stereocenters.